The Morgan fingerprint density at radius 2 is 2.25 bits per heavy atom. The molecule has 128 valence electrons. The molecule has 1 aliphatic rings. The first-order valence-electron chi connectivity index (χ1n) is 8.03. The van der Waals surface area contributed by atoms with E-state index in [9.17, 15) is 9.59 Å². The maximum atomic E-state index is 12.6. The second kappa shape index (κ2) is 6.51. The molecule has 3 heterocycles. The van der Waals surface area contributed by atoms with Gasteiger partial charge in [-0.25, -0.2) is 0 Å². The van der Waals surface area contributed by atoms with Crippen molar-refractivity contribution in [3.05, 3.63) is 41.6 Å². The van der Waals surface area contributed by atoms with Gasteiger partial charge in [-0.3, -0.25) is 14.3 Å². The van der Waals surface area contributed by atoms with Gasteiger partial charge in [-0.15, -0.1) is 0 Å². The fraction of sp³-hybridized carbons (Fsp3) is 0.471. The molecule has 24 heavy (non-hydrogen) atoms. The number of hydrogen-bond acceptors (Lipinski definition) is 4. The Labute approximate surface area is 140 Å². The molecule has 3 rings (SSSR count). The van der Waals surface area contributed by atoms with Crippen molar-refractivity contribution in [2.45, 2.75) is 25.8 Å². The lowest BCUT2D eigenvalue weighted by Crippen LogP contribution is -2.35. The summed E-state index contributed by atoms with van der Waals surface area (Å²) in [7, 11) is 3.60. The maximum Gasteiger partial charge on any atom is 0.226 e. The lowest BCUT2D eigenvalue weighted by molar-refractivity contribution is -0.128. The molecule has 7 heteroatoms. The molecule has 1 aliphatic heterocycles. The highest BCUT2D eigenvalue weighted by Gasteiger charge is 2.43. The van der Waals surface area contributed by atoms with Gasteiger partial charge in [0.05, 0.1) is 24.4 Å². The number of carbonyl (C=O) groups excluding carboxylic acids is 2. The van der Waals surface area contributed by atoms with Crippen LogP contribution < -0.4 is 5.32 Å². The van der Waals surface area contributed by atoms with Crippen LogP contribution in [0.4, 0.5) is 0 Å². The Balaban J connectivity index is 1.71. The van der Waals surface area contributed by atoms with E-state index in [1.807, 2.05) is 26.1 Å². The van der Waals surface area contributed by atoms with E-state index in [-0.39, 0.29) is 24.3 Å². The van der Waals surface area contributed by atoms with Gasteiger partial charge >= 0.3 is 0 Å². The molecule has 1 N–H and O–H groups in total. The van der Waals surface area contributed by atoms with Crippen molar-refractivity contribution >= 4 is 11.8 Å². The smallest absolute Gasteiger partial charge is 0.226 e. The first-order valence-corrected chi connectivity index (χ1v) is 8.03. The number of nitrogens with one attached hydrogen (secondary N) is 1. The minimum Gasteiger partial charge on any atom is -0.469 e. The summed E-state index contributed by atoms with van der Waals surface area (Å²) in [5.41, 5.74) is 1.90. The van der Waals surface area contributed by atoms with Gasteiger partial charge in [0, 0.05) is 44.7 Å². The van der Waals surface area contributed by atoms with Gasteiger partial charge < -0.3 is 14.6 Å². The Hall–Kier alpha value is -2.57. The summed E-state index contributed by atoms with van der Waals surface area (Å²) in [6.45, 7) is 2.43. The monoisotopic (exact) mass is 330 g/mol. The van der Waals surface area contributed by atoms with Crippen LogP contribution in [-0.2, 0) is 23.1 Å². The summed E-state index contributed by atoms with van der Waals surface area (Å²) in [6, 6.07) is 3.43. The van der Waals surface area contributed by atoms with Crippen LogP contribution in [0.25, 0.3) is 0 Å². The average Bonchev–Trinajstić information content (AvgIpc) is 3.24. The summed E-state index contributed by atoms with van der Waals surface area (Å²) in [5.74, 6) is 0.304. The molecule has 2 aromatic rings. The van der Waals surface area contributed by atoms with Crippen LogP contribution in [0, 0.1) is 12.8 Å². The summed E-state index contributed by atoms with van der Waals surface area (Å²) in [4.78, 5) is 26.4. The van der Waals surface area contributed by atoms with Gasteiger partial charge in [0.25, 0.3) is 0 Å². The van der Waals surface area contributed by atoms with Crippen LogP contribution in [0.5, 0.6) is 0 Å². The van der Waals surface area contributed by atoms with Gasteiger partial charge in [0.1, 0.15) is 5.76 Å². The van der Waals surface area contributed by atoms with Gasteiger partial charge in [0.15, 0.2) is 0 Å². The Bertz CT molecular complexity index is 735. The highest BCUT2D eigenvalue weighted by Crippen LogP contribution is 2.38. The third-order valence-electron chi connectivity index (χ3n) is 4.77. The number of carbonyl (C=O) groups is 2. The summed E-state index contributed by atoms with van der Waals surface area (Å²) < 4.78 is 7.02. The second-order valence-electron chi connectivity index (χ2n) is 6.19. The topological polar surface area (TPSA) is 80.4 Å². The van der Waals surface area contributed by atoms with E-state index >= 15 is 0 Å². The molecular formula is C17H22N4O3. The quantitative estimate of drug-likeness (QED) is 0.893. The number of rotatable bonds is 5. The van der Waals surface area contributed by atoms with Crippen molar-refractivity contribution in [1.29, 1.82) is 0 Å². The van der Waals surface area contributed by atoms with Crippen molar-refractivity contribution in [1.82, 2.24) is 20.0 Å². The molecule has 0 bridgehead atoms. The van der Waals surface area contributed by atoms with Gasteiger partial charge in [-0.2, -0.15) is 5.10 Å². The molecule has 1 saturated heterocycles. The molecule has 0 aromatic carbocycles. The molecule has 0 radical (unpaired) electrons. The van der Waals surface area contributed by atoms with E-state index < -0.39 is 5.92 Å². The van der Waals surface area contributed by atoms with Crippen LogP contribution in [-0.4, -0.2) is 40.1 Å². The van der Waals surface area contributed by atoms with E-state index in [0.717, 1.165) is 17.0 Å². The first kappa shape index (κ1) is 16.3. The minimum atomic E-state index is -0.401. The number of likely N-dealkylation sites (tertiary alicyclic amines) is 1. The molecule has 2 aromatic heterocycles. The van der Waals surface area contributed by atoms with Crippen LogP contribution >= 0.6 is 0 Å². The summed E-state index contributed by atoms with van der Waals surface area (Å²) in [6.07, 6.45) is 4.22. The summed E-state index contributed by atoms with van der Waals surface area (Å²) in [5, 5.41) is 7.17. The van der Waals surface area contributed by atoms with Crippen LogP contribution in [0.2, 0.25) is 0 Å². The molecule has 1 fully saturated rings. The highest BCUT2D eigenvalue weighted by molar-refractivity contribution is 5.90. The largest absolute Gasteiger partial charge is 0.469 e. The molecule has 0 unspecified atom stereocenters. The molecule has 2 amide bonds. The van der Waals surface area contributed by atoms with Crippen molar-refractivity contribution < 1.29 is 14.0 Å². The van der Waals surface area contributed by atoms with Crippen LogP contribution in [0.15, 0.2) is 29.0 Å². The minimum absolute atomic E-state index is 0.0190. The third kappa shape index (κ3) is 2.93. The molecule has 0 spiro atoms. The van der Waals surface area contributed by atoms with E-state index in [1.54, 1.807) is 29.1 Å². The lowest BCUT2D eigenvalue weighted by atomic mass is 9.93. The zero-order chi connectivity index (χ0) is 17.3. The fourth-order valence-corrected chi connectivity index (χ4v) is 3.23. The van der Waals surface area contributed by atoms with E-state index in [2.05, 4.69) is 10.4 Å². The Morgan fingerprint density at radius 1 is 1.46 bits per heavy atom. The fourth-order valence-electron chi connectivity index (χ4n) is 3.23. The van der Waals surface area contributed by atoms with Crippen molar-refractivity contribution in [3.63, 3.8) is 0 Å². The van der Waals surface area contributed by atoms with Crippen LogP contribution in [0.3, 0.4) is 0 Å². The van der Waals surface area contributed by atoms with Gasteiger partial charge in [-0.1, -0.05) is 0 Å². The van der Waals surface area contributed by atoms with Crippen molar-refractivity contribution in [3.8, 4) is 0 Å². The number of hydrogen-bond donors (Lipinski definition) is 1. The zero-order valence-electron chi connectivity index (χ0n) is 14.2. The van der Waals surface area contributed by atoms with E-state index in [0.29, 0.717) is 13.0 Å². The van der Waals surface area contributed by atoms with Crippen LogP contribution in [0.1, 0.15) is 29.5 Å². The average molecular weight is 330 g/mol. The number of furan rings is 1. The zero-order valence-corrected chi connectivity index (χ0v) is 14.2. The maximum absolute atomic E-state index is 12.6. The predicted molar refractivity (Wildman–Crippen MR) is 87.0 cm³/mol. The molecule has 0 aliphatic carbocycles. The number of amides is 2. The predicted octanol–water partition coefficient (Wildman–Crippen LogP) is 1.20. The number of nitrogens with zero attached hydrogens (tertiary/aromatic N) is 3. The molecule has 7 nitrogen and oxygen atoms in total. The van der Waals surface area contributed by atoms with E-state index in [1.165, 1.54) is 0 Å². The Kier molecular flexibility index (Phi) is 4.42. The SMILES string of the molecule is Cc1c([C@@H]2[C@@H](C(=O)NCCc3ccco3)CC(=O)N2C)cnn1C. The number of aryl methyl sites for hydroxylation is 1. The number of aromatic nitrogens is 2. The van der Waals surface area contributed by atoms with Gasteiger partial charge in [0.2, 0.25) is 11.8 Å². The standard InChI is InChI=1S/C17H22N4O3/c1-11-14(10-19-21(11)3)16-13(9-15(22)20(16)2)17(23)18-7-6-12-5-4-8-24-12/h4-5,8,10,13,16H,6-7,9H2,1-3H3,(H,18,23)/t13-,16-/m0/s1. The molecular weight excluding hydrogens is 308 g/mol. The van der Waals surface area contributed by atoms with Crippen molar-refractivity contribution in [2.24, 2.45) is 13.0 Å². The summed E-state index contributed by atoms with van der Waals surface area (Å²) >= 11 is 0. The lowest BCUT2D eigenvalue weighted by Gasteiger charge is -2.24. The van der Waals surface area contributed by atoms with Crippen molar-refractivity contribution in [2.75, 3.05) is 13.6 Å². The Morgan fingerprint density at radius 3 is 2.88 bits per heavy atom. The molecule has 0 saturated carbocycles. The van der Waals surface area contributed by atoms with E-state index in [4.69, 9.17) is 4.42 Å². The molecule has 2 atom stereocenters. The highest BCUT2D eigenvalue weighted by atomic mass is 16.3. The second-order valence-corrected chi connectivity index (χ2v) is 6.19. The first-order chi connectivity index (χ1) is 11.5. The third-order valence-corrected chi connectivity index (χ3v) is 4.77. The van der Waals surface area contributed by atoms with Gasteiger partial charge in [-0.05, 0) is 19.1 Å². The normalized spacial score (nSPS) is 20.6.